The first-order valence-electron chi connectivity index (χ1n) is 9.48. The van der Waals surface area contributed by atoms with Gasteiger partial charge in [0, 0.05) is 6.07 Å². The molecule has 0 aliphatic rings. The van der Waals surface area contributed by atoms with Crippen molar-refractivity contribution in [3.05, 3.63) is 109 Å². The molecule has 0 atom stereocenters. The summed E-state index contributed by atoms with van der Waals surface area (Å²) in [6, 6.07) is 5.90. The first-order valence-corrected chi connectivity index (χ1v) is 9.48. The van der Waals surface area contributed by atoms with Gasteiger partial charge in [0.15, 0.2) is 0 Å². The monoisotopic (exact) mass is 532 g/mol. The molecular formula is C18H8N6O14. The van der Waals surface area contributed by atoms with Crippen molar-refractivity contribution in [2.45, 2.75) is 0 Å². The van der Waals surface area contributed by atoms with E-state index in [1.165, 1.54) is 0 Å². The fourth-order valence-electron chi connectivity index (χ4n) is 2.97. The van der Waals surface area contributed by atoms with Gasteiger partial charge in [-0.25, -0.2) is 0 Å². The summed E-state index contributed by atoms with van der Waals surface area (Å²) in [5.41, 5.74) is -6.49. The maximum atomic E-state index is 11.4. The molecule has 3 aromatic rings. The molecule has 3 aromatic carbocycles. The van der Waals surface area contributed by atoms with Gasteiger partial charge in [-0.05, 0) is 12.1 Å². The van der Waals surface area contributed by atoms with E-state index in [9.17, 15) is 60.7 Å². The summed E-state index contributed by atoms with van der Waals surface area (Å²) in [5, 5.41) is 67.7. The van der Waals surface area contributed by atoms with Crippen LogP contribution >= 0.6 is 0 Å². The maximum Gasteiger partial charge on any atom is 0.325 e. The summed E-state index contributed by atoms with van der Waals surface area (Å²) in [6.07, 6.45) is 0. The van der Waals surface area contributed by atoms with Gasteiger partial charge < -0.3 is 9.47 Å². The Kier molecular flexibility index (Phi) is 6.99. The van der Waals surface area contributed by atoms with Crippen LogP contribution in [0.1, 0.15) is 0 Å². The number of nitrogens with zero attached hydrogens (tertiary/aromatic N) is 6. The van der Waals surface area contributed by atoms with Gasteiger partial charge in [0.1, 0.15) is 11.5 Å². The van der Waals surface area contributed by atoms with Gasteiger partial charge in [-0.3, -0.25) is 60.7 Å². The van der Waals surface area contributed by atoms with E-state index in [4.69, 9.17) is 9.47 Å². The van der Waals surface area contributed by atoms with Gasteiger partial charge in [0.2, 0.25) is 0 Å². The summed E-state index contributed by atoms with van der Waals surface area (Å²) in [7, 11) is 0. The van der Waals surface area contributed by atoms with E-state index < -0.39 is 86.7 Å². The minimum Gasteiger partial charge on any atom is -0.444 e. The molecule has 20 nitrogen and oxygen atoms in total. The van der Waals surface area contributed by atoms with Crippen molar-refractivity contribution in [3.8, 4) is 23.0 Å². The van der Waals surface area contributed by atoms with Crippen LogP contribution in [0.5, 0.6) is 23.0 Å². The van der Waals surface area contributed by atoms with Crippen molar-refractivity contribution in [2.75, 3.05) is 0 Å². The summed E-state index contributed by atoms with van der Waals surface area (Å²) >= 11 is 0. The second-order valence-corrected chi connectivity index (χ2v) is 6.85. The van der Waals surface area contributed by atoms with Gasteiger partial charge in [0.05, 0.1) is 53.8 Å². The topological polar surface area (TPSA) is 277 Å². The number of hydrogen-bond acceptors (Lipinski definition) is 14. The Bertz CT molecular complexity index is 1370. The molecule has 0 aliphatic heterocycles. The molecule has 0 fully saturated rings. The molecule has 0 saturated carbocycles. The molecule has 0 amide bonds. The minimum absolute atomic E-state index is 0.422. The lowest BCUT2D eigenvalue weighted by Gasteiger charge is -2.10. The first-order chi connectivity index (χ1) is 17.8. The van der Waals surface area contributed by atoms with Crippen LogP contribution in [0.2, 0.25) is 0 Å². The van der Waals surface area contributed by atoms with Crippen molar-refractivity contribution in [3.63, 3.8) is 0 Å². The van der Waals surface area contributed by atoms with Gasteiger partial charge in [-0.1, -0.05) is 6.07 Å². The Morgan fingerprint density at radius 1 is 0.447 bits per heavy atom. The molecule has 0 spiro atoms. The van der Waals surface area contributed by atoms with Crippen molar-refractivity contribution in [2.24, 2.45) is 0 Å². The smallest absolute Gasteiger partial charge is 0.325 e. The fraction of sp³-hybridized carbons (Fsp3) is 0. The van der Waals surface area contributed by atoms with Gasteiger partial charge in [-0.15, -0.1) is 0 Å². The molecule has 0 saturated heterocycles. The van der Waals surface area contributed by atoms with E-state index in [-0.39, 0.29) is 0 Å². The Labute approximate surface area is 206 Å². The molecule has 20 heteroatoms. The van der Waals surface area contributed by atoms with Crippen molar-refractivity contribution in [1.82, 2.24) is 0 Å². The molecule has 38 heavy (non-hydrogen) atoms. The molecule has 0 aliphatic carbocycles. The first kappa shape index (κ1) is 26.3. The Morgan fingerprint density at radius 2 is 0.737 bits per heavy atom. The number of ether oxygens (including phenoxy) is 2. The molecule has 0 N–H and O–H groups in total. The van der Waals surface area contributed by atoms with Crippen molar-refractivity contribution >= 4 is 34.1 Å². The molecule has 0 unspecified atom stereocenters. The molecule has 194 valence electrons. The average Bonchev–Trinajstić information content (AvgIpc) is 2.83. The number of rotatable bonds is 10. The lowest BCUT2D eigenvalue weighted by Crippen LogP contribution is -2.02. The number of hydrogen-bond donors (Lipinski definition) is 0. The Morgan fingerprint density at radius 3 is 0.974 bits per heavy atom. The van der Waals surface area contributed by atoms with Crippen LogP contribution in [0.3, 0.4) is 0 Å². The second kappa shape index (κ2) is 10.1. The molecule has 0 heterocycles. The highest BCUT2D eigenvalue weighted by Gasteiger charge is 2.34. The number of nitro benzene ring substituents is 6. The zero-order valence-corrected chi connectivity index (χ0v) is 18.0. The third-order valence-electron chi connectivity index (χ3n) is 4.52. The van der Waals surface area contributed by atoms with E-state index in [1.807, 2.05) is 0 Å². The molecular weight excluding hydrogens is 524 g/mol. The van der Waals surface area contributed by atoms with Gasteiger partial charge in [-0.2, -0.15) is 0 Å². The van der Waals surface area contributed by atoms with E-state index in [1.54, 1.807) is 0 Å². The van der Waals surface area contributed by atoms with Gasteiger partial charge >= 0.3 is 22.7 Å². The van der Waals surface area contributed by atoms with Crippen LogP contribution in [-0.2, 0) is 0 Å². The SMILES string of the molecule is O=[N+]([O-])c1cc([N+](=O)[O-])c(Oc2cccc(Oc3c([N+](=O)[O-])cc([N+](=O)[O-])cc3[N+](=O)[O-])c2)c([N+](=O)[O-])c1. The van der Waals surface area contributed by atoms with E-state index >= 15 is 0 Å². The summed E-state index contributed by atoms with van der Waals surface area (Å²) < 4.78 is 10.5. The largest absolute Gasteiger partial charge is 0.444 e. The highest BCUT2D eigenvalue weighted by atomic mass is 16.7. The fourth-order valence-corrected chi connectivity index (χ4v) is 2.97. The van der Waals surface area contributed by atoms with Crippen LogP contribution in [0.25, 0.3) is 0 Å². The molecule has 0 aromatic heterocycles. The van der Waals surface area contributed by atoms with Gasteiger partial charge in [0.25, 0.3) is 22.9 Å². The zero-order chi connectivity index (χ0) is 28.3. The quantitative estimate of drug-likeness (QED) is 0.252. The van der Waals surface area contributed by atoms with Crippen LogP contribution in [-0.4, -0.2) is 29.5 Å². The average molecular weight is 532 g/mol. The third-order valence-corrected chi connectivity index (χ3v) is 4.52. The summed E-state index contributed by atoms with van der Waals surface area (Å²) in [4.78, 5) is 60.9. The summed E-state index contributed by atoms with van der Waals surface area (Å²) in [6.45, 7) is 0. The predicted octanol–water partition coefficient (Wildman–Crippen LogP) is 4.72. The number of benzene rings is 3. The lowest BCUT2D eigenvalue weighted by molar-refractivity contribution is -0.404. The Hall–Kier alpha value is -6.34. The maximum absolute atomic E-state index is 11.4. The van der Waals surface area contributed by atoms with Crippen molar-refractivity contribution in [1.29, 1.82) is 0 Å². The van der Waals surface area contributed by atoms with Crippen LogP contribution in [0, 0.1) is 60.7 Å². The second-order valence-electron chi connectivity index (χ2n) is 6.85. The van der Waals surface area contributed by atoms with E-state index in [2.05, 4.69) is 0 Å². The lowest BCUT2D eigenvalue weighted by atomic mass is 10.2. The number of nitro groups is 6. The number of non-ortho nitro benzene ring substituents is 2. The molecule has 0 radical (unpaired) electrons. The molecule has 0 bridgehead atoms. The van der Waals surface area contributed by atoms with Crippen LogP contribution in [0.4, 0.5) is 34.1 Å². The highest BCUT2D eigenvalue weighted by Crippen LogP contribution is 2.45. The standard InChI is InChI=1S/C18H8N6O14/c25-19(26)9-4-13(21(29)30)17(14(5-9)22(31)32)37-11-2-1-3-12(8-11)38-18-15(23(33)34)6-10(20(27)28)7-16(18)24(35)36/h1-8H. The predicted molar refractivity (Wildman–Crippen MR) is 119 cm³/mol. The van der Waals surface area contributed by atoms with Crippen molar-refractivity contribution < 1.29 is 39.0 Å². The normalized spacial score (nSPS) is 10.3. The molecule has 3 rings (SSSR count). The Balaban J connectivity index is 2.11. The van der Waals surface area contributed by atoms with E-state index in [0.717, 1.165) is 24.3 Å². The zero-order valence-electron chi connectivity index (χ0n) is 18.0. The summed E-state index contributed by atoms with van der Waals surface area (Å²) in [5.74, 6) is -2.85. The minimum atomic E-state index is -1.17. The highest BCUT2D eigenvalue weighted by molar-refractivity contribution is 5.68. The van der Waals surface area contributed by atoms with Crippen LogP contribution in [0.15, 0.2) is 48.5 Å². The van der Waals surface area contributed by atoms with E-state index in [0.29, 0.717) is 24.3 Å². The third kappa shape index (κ3) is 5.32. The van der Waals surface area contributed by atoms with Crippen LogP contribution < -0.4 is 9.47 Å².